The van der Waals surface area contributed by atoms with Gasteiger partial charge in [-0.25, -0.2) is 0 Å². The van der Waals surface area contributed by atoms with Gasteiger partial charge in [0.2, 0.25) is 11.8 Å². The summed E-state index contributed by atoms with van der Waals surface area (Å²) in [4.78, 5) is 29.2. The molecule has 158 valence electrons. The lowest BCUT2D eigenvalue weighted by Gasteiger charge is -2.26. The van der Waals surface area contributed by atoms with Crippen molar-refractivity contribution < 1.29 is 18.8 Å². The van der Waals surface area contributed by atoms with E-state index in [0.29, 0.717) is 24.7 Å². The quantitative estimate of drug-likeness (QED) is 0.621. The Labute approximate surface area is 171 Å². The van der Waals surface area contributed by atoms with Gasteiger partial charge in [0.05, 0.1) is 20.1 Å². The van der Waals surface area contributed by atoms with Gasteiger partial charge in [0.1, 0.15) is 11.5 Å². The molecule has 0 saturated heterocycles. The van der Waals surface area contributed by atoms with Gasteiger partial charge in [0.25, 0.3) is 0 Å². The predicted molar refractivity (Wildman–Crippen MR) is 111 cm³/mol. The smallest absolute Gasteiger partial charge is 0.245 e. The number of anilines is 1. The summed E-state index contributed by atoms with van der Waals surface area (Å²) in [5.74, 6) is 1.28. The van der Waals surface area contributed by atoms with Crippen LogP contribution in [0.3, 0.4) is 0 Å². The number of carbonyl (C=O) groups is 2. The van der Waals surface area contributed by atoms with Gasteiger partial charge < -0.3 is 24.4 Å². The van der Waals surface area contributed by atoms with Crippen LogP contribution in [0, 0.1) is 6.92 Å². The molecule has 0 aliphatic rings. The number of benzene rings is 1. The van der Waals surface area contributed by atoms with E-state index in [9.17, 15) is 9.59 Å². The molecule has 0 radical (unpaired) electrons. The van der Waals surface area contributed by atoms with Crippen molar-refractivity contribution in [3.05, 3.63) is 41.7 Å². The number of likely N-dealkylation sites (N-methyl/N-ethyl adjacent to an activating group) is 1. The van der Waals surface area contributed by atoms with Crippen molar-refractivity contribution in [3.63, 3.8) is 0 Å². The number of nitrogens with zero attached hydrogens (tertiary/aromatic N) is 3. The molecule has 8 heteroatoms. The fraction of sp³-hybridized carbons (Fsp3) is 0.476. The summed E-state index contributed by atoms with van der Waals surface area (Å²) in [5.41, 5.74) is 0.871. The standard InChI is InChI=1S/C21H30N4O4/c1-5-24(6-2)11-12-25(15-20(26)22-19-13-16(3)29-23-19)21(27)14-17-7-9-18(28-4)10-8-17/h7-10,13H,5-6,11-12,14-15H2,1-4H3,(H,22,23,26). The third-order valence-corrected chi connectivity index (χ3v) is 4.68. The van der Waals surface area contributed by atoms with Crippen LogP contribution in [0.25, 0.3) is 0 Å². The van der Waals surface area contributed by atoms with Gasteiger partial charge in [0, 0.05) is 19.2 Å². The predicted octanol–water partition coefficient (Wildman–Crippen LogP) is 2.34. The Morgan fingerprint density at radius 2 is 1.83 bits per heavy atom. The lowest BCUT2D eigenvalue weighted by molar-refractivity contribution is -0.134. The van der Waals surface area contributed by atoms with Crippen molar-refractivity contribution in [2.75, 3.05) is 45.2 Å². The monoisotopic (exact) mass is 402 g/mol. The highest BCUT2D eigenvalue weighted by atomic mass is 16.5. The summed E-state index contributed by atoms with van der Waals surface area (Å²) >= 11 is 0. The van der Waals surface area contributed by atoms with Gasteiger partial charge in [-0.2, -0.15) is 0 Å². The summed E-state index contributed by atoms with van der Waals surface area (Å²) in [6.07, 6.45) is 0.221. The third kappa shape index (κ3) is 7.23. The van der Waals surface area contributed by atoms with Crippen LogP contribution in [0.4, 0.5) is 5.82 Å². The van der Waals surface area contributed by atoms with Crippen LogP contribution in [0.15, 0.2) is 34.9 Å². The van der Waals surface area contributed by atoms with Crippen LogP contribution in [0.2, 0.25) is 0 Å². The molecule has 2 aromatic rings. The van der Waals surface area contributed by atoms with Crippen molar-refractivity contribution in [1.82, 2.24) is 15.0 Å². The van der Waals surface area contributed by atoms with Crippen molar-refractivity contribution in [1.29, 1.82) is 0 Å². The number of methoxy groups -OCH3 is 1. The topological polar surface area (TPSA) is 87.9 Å². The van der Waals surface area contributed by atoms with E-state index in [0.717, 1.165) is 24.4 Å². The van der Waals surface area contributed by atoms with Crippen molar-refractivity contribution in [2.24, 2.45) is 0 Å². The number of aromatic nitrogens is 1. The highest BCUT2D eigenvalue weighted by Gasteiger charge is 2.19. The van der Waals surface area contributed by atoms with Gasteiger partial charge in [-0.3, -0.25) is 9.59 Å². The maximum Gasteiger partial charge on any atom is 0.245 e. The molecular formula is C21H30N4O4. The molecular weight excluding hydrogens is 372 g/mol. The van der Waals surface area contributed by atoms with Crippen LogP contribution in [-0.4, -0.2) is 66.6 Å². The first-order valence-corrected chi connectivity index (χ1v) is 9.81. The van der Waals surface area contributed by atoms with Crippen LogP contribution < -0.4 is 10.1 Å². The Hall–Kier alpha value is -2.87. The molecule has 0 atom stereocenters. The molecule has 1 heterocycles. The molecule has 2 amide bonds. The Morgan fingerprint density at radius 3 is 2.38 bits per heavy atom. The summed E-state index contributed by atoms with van der Waals surface area (Å²) in [6.45, 7) is 8.82. The highest BCUT2D eigenvalue weighted by molar-refractivity contribution is 5.94. The first kappa shape index (κ1) is 22.4. The molecule has 0 saturated carbocycles. The van der Waals surface area contributed by atoms with E-state index in [-0.39, 0.29) is 24.8 Å². The zero-order valence-corrected chi connectivity index (χ0v) is 17.6. The van der Waals surface area contributed by atoms with Gasteiger partial charge in [0.15, 0.2) is 5.82 Å². The number of aryl methyl sites for hydroxylation is 1. The van der Waals surface area contributed by atoms with Crippen LogP contribution in [0.1, 0.15) is 25.2 Å². The number of rotatable bonds is 11. The van der Waals surface area contributed by atoms with E-state index < -0.39 is 0 Å². The molecule has 0 bridgehead atoms. The van der Waals surface area contributed by atoms with Crippen molar-refractivity contribution in [3.8, 4) is 5.75 Å². The van der Waals surface area contributed by atoms with E-state index >= 15 is 0 Å². The molecule has 8 nitrogen and oxygen atoms in total. The molecule has 0 aliphatic heterocycles. The van der Waals surface area contributed by atoms with Crippen LogP contribution >= 0.6 is 0 Å². The summed E-state index contributed by atoms with van der Waals surface area (Å²) in [5, 5.41) is 6.44. The van der Waals surface area contributed by atoms with Crippen LogP contribution in [0.5, 0.6) is 5.75 Å². The number of amides is 2. The number of hydrogen-bond donors (Lipinski definition) is 1. The summed E-state index contributed by atoms with van der Waals surface area (Å²) in [6, 6.07) is 9.00. The number of carbonyl (C=O) groups excluding carboxylic acids is 2. The lowest BCUT2D eigenvalue weighted by atomic mass is 10.1. The molecule has 0 aliphatic carbocycles. The van der Waals surface area contributed by atoms with E-state index in [1.54, 1.807) is 25.0 Å². The molecule has 1 aromatic carbocycles. The average Bonchev–Trinajstić information content (AvgIpc) is 3.12. The molecule has 29 heavy (non-hydrogen) atoms. The maximum absolute atomic E-state index is 12.9. The van der Waals surface area contributed by atoms with E-state index in [1.807, 2.05) is 24.3 Å². The third-order valence-electron chi connectivity index (χ3n) is 4.68. The second kappa shape index (κ2) is 11.2. The normalized spacial score (nSPS) is 10.8. The Balaban J connectivity index is 2.03. The number of nitrogens with one attached hydrogen (secondary N) is 1. The van der Waals surface area contributed by atoms with Crippen LogP contribution in [-0.2, 0) is 16.0 Å². The Kier molecular flexibility index (Phi) is 8.67. The fourth-order valence-corrected chi connectivity index (χ4v) is 2.90. The zero-order chi connectivity index (χ0) is 21.2. The fourth-order valence-electron chi connectivity index (χ4n) is 2.90. The summed E-state index contributed by atoms with van der Waals surface area (Å²) < 4.78 is 10.1. The second-order valence-corrected chi connectivity index (χ2v) is 6.74. The minimum absolute atomic E-state index is 0.0395. The van der Waals surface area contributed by atoms with E-state index in [4.69, 9.17) is 9.26 Å². The zero-order valence-electron chi connectivity index (χ0n) is 17.6. The molecule has 0 unspecified atom stereocenters. The van der Waals surface area contributed by atoms with Crippen molar-refractivity contribution >= 4 is 17.6 Å². The largest absolute Gasteiger partial charge is 0.497 e. The van der Waals surface area contributed by atoms with Crippen molar-refractivity contribution in [2.45, 2.75) is 27.2 Å². The highest BCUT2D eigenvalue weighted by Crippen LogP contribution is 2.13. The first-order chi connectivity index (χ1) is 13.9. The minimum Gasteiger partial charge on any atom is -0.497 e. The molecule has 0 spiro atoms. The Morgan fingerprint density at radius 1 is 1.14 bits per heavy atom. The average molecular weight is 402 g/mol. The SMILES string of the molecule is CCN(CC)CCN(CC(=O)Nc1cc(C)on1)C(=O)Cc1ccc(OC)cc1. The number of hydrogen-bond acceptors (Lipinski definition) is 6. The maximum atomic E-state index is 12.9. The molecule has 2 rings (SSSR count). The number of ether oxygens (including phenoxy) is 1. The van der Waals surface area contributed by atoms with E-state index in [2.05, 4.69) is 29.2 Å². The Bertz CT molecular complexity index is 784. The van der Waals surface area contributed by atoms with E-state index in [1.165, 1.54) is 0 Å². The first-order valence-electron chi connectivity index (χ1n) is 9.81. The minimum atomic E-state index is -0.305. The van der Waals surface area contributed by atoms with Gasteiger partial charge in [-0.05, 0) is 37.7 Å². The molecule has 1 N–H and O–H groups in total. The summed E-state index contributed by atoms with van der Waals surface area (Å²) in [7, 11) is 1.60. The second-order valence-electron chi connectivity index (χ2n) is 6.74. The van der Waals surface area contributed by atoms with Gasteiger partial charge in [-0.15, -0.1) is 0 Å². The lowest BCUT2D eigenvalue weighted by Crippen LogP contribution is -2.43. The van der Waals surface area contributed by atoms with Gasteiger partial charge in [-0.1, -0.05) is 31.1 Å². The molecule has 0 fully saturated rings. The van der Waals surface area contributed by atoms with Gasteiger partial charge >= 0.3 is 0 Å². The molecule has 1 aromatic heterocycles.